The van der Waals surface area contributed by atoms with Crippen molar-refractivity contribution in [1.82, 2.24) is 30.0 Å². The summed E-state index contributed by atoms with van der Waals surface area (Å²) in [4.78, 5) is 7.19. The van der Waals surface area contributed by atoms with Crippen LogP contribution in [-0.4, -0.2) is 83.0 Å². The van der Waals surface area contributed by atoms with E-state index in [1.807, 2.05) is 4.68 Å². The monoisotopic (exact) mass is 461 g/mol. The zero-order valence-electron chi connectivity index (χ0n) is 20.3. The van der Waals surface area contributed by atoms with E-state index in [-0.39, 0.29) is 12.1 Å². The van der Waals surface area contributed by atoms with Crippen LogP contribution in [0.2, 0.25) is 0 Å². The lowest BCUT2D eigenvalue weighted by atomic mass is 10.0. The number of tetrazole rings is 1. The summed E-state index contributed by atoms with van der Waals surface area (Å²) in [6, 6.07) is 19.6. The van der Waals surface area contributed by atoms with Crippen LogP contribution < -0.4 is 4.90 Å². The lowest BCUT2D eigenvalue weighted by Gasteiger charge is -2.39. The molecule has 180 valence electrons. The number of benzene rings is 2. The predicted molar refractivity (Wildman–Crippen MR) is 133 cm³/mol. The minimum absolute atomic E-state index is 0.0199. The highest BCUT2D eigenvalue weighted by atomic mass is 16.5. The third kappa shape index (κ3) is 5.29. The number of aromatic nitrogens is 4. The van der Waals surface area contributed by atoms with E-state index in [0.29, 0.717) is 6.54 Å². The van der Waals surface area contributed by atoms with Gasteiger partial charge in [0.1, 0.15) is 0 Å². The van der Waals surface area contributed by atoms with Crippen LogP contribution in [0.5, 0.6) is 0 Å². The Morgan fingerprint density at radius 1 is 1.00 bits per heavy atom. The molecule has 0 bridgehead atoms. The van der Waals surface area contributed by atoms with Crippen LogP contribution in [-0.2, 0) is 17.8 Å². The van der Waals surface area contributed by atoms with Gasteiger partial charge in [0.05, 0.1) is 18.7 Å². The van der Waals surface area contributed by atoms with Gasteiger partial charge in [-0.2, -0.15) is 0 Å². The number of rotatable bonds is 8. The van der Waals surface area contributed by atoms with Gasteiger partial charge in [-0.15, -0.1) is 5.10 Å². The van der Waals surface area contributed by atoms with Crippen LogP contribution in [0.1, 0.15) is 35.8 Å². The first kappa shape index (κ1) is 23.0. The smallest absolute Gasteiger partial charge is 0.173 e. The molecule has 1 aromatic heterocycles. The van der Waals surface area contributed by atoms with Gasteiger partial charge >= 0.3 is 0 Å². The molecule has 0 spiro atoms. The molecule has 34 heavy (non-hydrogen) atoms. The summed E-state index contributed by atoms with van der Waals surface area (Å²) >= 11 is 0. The first-order chi connectivity index (χ1) is 16.7. The Labute approximate surface area is 202 Å². The van der Waals surface area contributed by atoms with Gasteiger partial charge in [0.15, 0.2) is 5.82 Å². The Morgan fingerprint density at radius 3 is 2.44 bits per heavy atom. The molecule has 2 aliphatic heterocycles. The van der Waals surface area contributed by atoms with Crippen molar-refractivity contribution in [2.45, 2.75) is 38.1 Å². The molecule has 5 rings (SSSR count). The fraction of sp³-hybridized carbons (Fsp3) is 0.500. The molecular formula is C26H35N7O. The van der Waals surface area contributed by atoms with Gasteiger partial charge in [-0.3, -0.25) is 9.80 Å². The molecular weight excluding hydrogens is 426 g/mol. The molecule has 8 nitrogen and oxygen atoms in total. The van der Waals surface area contributed by atoms with Crippen molar-refractivity contribution < 1.29 is 4.74 Å². The summed E-state index contributed by atoms with van der Waals surface area (Å²) in [5.41, 5.74) is 3.78. The van der Waals surface area contributed by atoms with Crippen LogP contribution in [0.4, 0.5) is 5.69 Å². The van der Waals surface area contributed by atoms with E-state index < -0.39 is 0 Å². The Hall–Kier alpha value is -2.81. The van der Waals surface area contributed by atoms with E-state index >= 15 is 0 Å². The number of hydrogen-bond donors (Lipinski definition) is 0. The highest BCUT2D eigenvalue weighted by molar-refractivity contribution is 5.47. The molecule has 0 amide bonds. The average Bonchev–Trinajstić information content (AvgIpc) is 3.54. The van der Waals surface area contributed by atoms with Gasteiger partial charge in [0.25, 0.3) is 0 Å². The molecule has 2 atom stereocenters. The Morgan fingerprint density at radius 2 is 1.76 bits per heavy atom. The fourth-order valence-electron chi connectivity index (χ4n) is 5.02. The number of piperazine rings is 1. The number of hydrogen-bond acceptors (Lipinski definition) is 7. The first-order valence-corrected chi connectivity index (χ1v) is 12.3. The molecule has 2 aliphatic rings. The summed E-state index contributed by atoms with van der Waals surface area (Å²) in [6.45, 7) is 6.53. The van der Waals surface area contributed by atoms with Gasteiger partial charge in [-0.1, -0.05) is 42.5 Å². The van der Waals surface area contributed by atoms with Crippen molar-refractivity contribution in [2.75, 3.05) is 51.8 Å². The summed E-state index contributed by atoms with van der Waals surface area (Å²) in [6.07, 6.45) is 2.38. The van der Waals surface area contributed by atoms with E-state index in [2.05, 4.69) is 98.9 Å². The number of anilines is 1. The molecule has 0 radical (unpaired) electrons. The quantitative estimate of drug-likeness (QED) is 0.511. The second kappa shape index (κ2) is 10.6. The van der Waals surface area contributed by atoms with Crippen LogP contribution >= 0.6 is 0 Å². The molecule has 8 heteroatoms. The van der Waals surface area contributed by atoms with Gasteiger partial charge in [0.2, 0.25) is 0 Å². The molecule has 2 aromatic carbocycles. The predicted octanol–water partition coefficient (Wildman–Crippen LogP) is 2.83. The standard InChI is InChI=1S/C26H35N7O/c1-30(2)23-12-10-22(11-13-23)25(26-27-28-29-33(26)20-24-9-6-18-34-24)32-16-14-31(15-17-32)19-21-7-4-3-5-8-21/h3-5,7-8,10-13,24-25H,6,9,14-20H2,1-2H3/t24-,25+/m1/s1. The van der Waals surface area contributed by atoms with Crippen molar-refractivity contribution >= 4 is 5.69 Å². The summed E-state index contributed by atoms with van der Waals surface area (Å²) in [5.74, 6) is 0.907. The third-order valence-electron chi connectivity index (χ3n) is 6.95. The fourth-order valence-corrected chi connectivity index (χ4v) is 5.02. The van der Waals surface area contributed by atoms with Crippen molar-refractivity contribution in [1.29, 1.82) is 0 Å². The van der Waals surface area contributed by atoms with E-state index in [1.165, 1.54) is 16.8 Å². The minimum atomic E-state index is 0.0199. The normalized spacial score (nSPS) is 20.5. The van der Waals surface area contributed by atoms with E-state index in [1.54, 1.807) is 0 Å². The maximum atomic E-state index is 5.88. The van der Waals surface area contributed by atoms with Crippen LogP contribution in [0.3, 0.4) is 0 Å². The highest BCUT2D eigenvalue weighted by Gasteiger charge is 2.31. The van der Waals surface area contributed by atoms with Crippen LogP contribution in [0.15, 0.2) is 54.6 Å². The van der Waals surface area contributed by atoms with E-state index in [0.717, 1.165) is 58.0 Å². The summed E-state index contributed by atoms with van der Waals surface area (Å²) in [5, 5.41) is 13.0. The molecule has 0 N–H and O–H groups in total. The number of nitrogens with zero attached hydrogens (tertiary/aromatic N) is 7. The first-order valence-electron chi connectivity index (χ1n) is 12.3. The van der Waals surface area contributed by atoms with Crippen molar-refractivity contribution in [3.63, 3.8) is 0 Å². The van der Waals surface area contributed by atoms with Crippen molar-refractivity contribution in [2.24, 2.45) is 0 Å². The van der Waals surface area contributed by atoms with Crippen molar-refractivity contribution in [3.8, 4) is 0 Å². The second-order valence-electron chi connectivity index (χ2n) is 9.54. The Kier molecular flexibility index (Phi) is 7.18. The topological polar surface area (TPSA) is 62.6 Å². The summed E-state index contributed by atoms with van der Waals surface area (Å²) < 4.78 is 7.85. The highest BCUT2D eigenvalue weighted by Crippen LogP contribution is 2.30. The molecule has 0 unspecified atom stereocenters. The van der Waals surface area contributed by atoms with Gasteiger partial charge < -0.3 is 9.64 Å². The Balaban J connectivity index is 1.36. The molecule has 3 heterocycles. The lowest BCUT2D eigenvalue weighted by Crippen LogP contribution is -2.48. The maximum Gasteiger partial charge on any atom is 0.173 e. The second-order valence-corrected chi connectivity index (χ2v) is 9.54. The number of ether oxygens (including phenoxy) is 1. The molecule has 0 saturated carbocycles. The van der Waals surface area contributed by atoms with Crippen molar-refractivity contribution in [3.05, 3.63) is 71.5 Å². The molecule has 2 saturated heterocycles. The van der Waals surface area contributed by atoms with Crippen LogP contribution in [0, 0.1) is 0 Å². The average molecular weight is 462 g/mol. The zero-order valence-corrected chi connectivity index (χ0v) is 20.3. The van der Waals surface area contributed by atoms with Crippen LogP contribution in [0.25, 0.3) is 0 Å². The van der Waals surface area contributed by atoms with Gasteiger partial charge in [0, 0.05) is 59.1 Å². The summed E-state index contributed by atoms with van der Waals surface area (Å²) in [7, 11) is 4.14. The third-order valence-corrected chi connectivity index (χ3v) is 6.95. The SMILES string of the molecule is CN(C)c1ccc([C@@H](c2nnnn2C[C@H]2CCCO2)N2CCN(Cc3ccccc3)CC2)cc1. The maximum absolute atomic E-state index is 5.88. The van der Waals surface area contributed by atoms with E-state index in [9.17, 15) is 0 Å². The lowest BCUT2D eigenvalue weighted by molar-refractivity contribution is 0.0842. The minimum Gasteiger partial charge on any atom is -0.378 e. The van der Waals surface area contributed by atoms with Gasteiger partial charge in [-0.25, -0.2) is 4.68 Å². The Bertz CT molecular complexity index is 1020. The van der Waals surface area contributed by atoms with E-state index in [4.69, 9.17) is 4.74 Å². The molecule has 2 fully saturated rings. The zero-order chi connectivity index (χ0) is 23.3. The molecule has 0 aliphatic carbocycles. The largest absolute Gasteiger partial charge is 0.378 e. The molecule has 3 aromatic rings. The van der Waals surface area contributed by atoms with Gasteiger partial charge in [-0.05, 0) is 46.5 Å².